The van der Waals surface area contributed by atoms with Crippen LogP contribution in [0, 0.1) is 18.6 Å². The third-order valence-corrected chi connectivity index (χ3v) is 7.73. The summed E-state index contributed by atoms with van der Waals surface area (Å²) >= 11 is 1.26. The average molecular weight is 492 g/mol. The first-order valence-electron chi connectivity index (χ1n) is 9.84. The van der Waals surface area contributed by atoms with Gasteiger partial charge in [-0.25, -0.2) is 22.2 Å². The van der Waals surface area contributed by atoms with E-state index in [1.165, 1.54) is 48.6 Å². The summed E-state index contributed by atoms with van der Waals surface area (Å²) in [6.45, 7) is 3.22. The van der Waals surface area contributed by atoms with E-state index >= 15 is 0 Å². The van der Waals surface area contributed by atoms with E-state index in [4.69, 9.17) is 9.26 Å². The Labute approximate surface area is 193 Å². The molecule has 0 amide bonds. The van der Waals surface area contributed by atoms with Crippen molar-refractivity contribution in [1.29, 1.82) is 0 Å². The molecule has 1 unspecified atom stereocenters. The topological polar surface area (TPSA) is 95.2 Å². The predicted octanol–water partition coefficient (Wildman–Crippen LogP) is 5.03. The predicted molar refractivity (Wildman–Crippen MR) is 118 cm³/mol. The summed E-state index contributed by atoms with van der Waals surface area (Å²) in [4.78, 5) is 8.45. The van der Waals surface area contributed by atoms with Crippen molar-refractivity contribution in [2.24, 2.45) is 0 Å². The van der Waals surface area contributed by atoms with E-state index in [-0.39, 0.29) is 29.9 Å². The molecule has 1 atom stereocenters. The third kappa shape index (κ3) is 5.42. The van der Waals surface area contributed by atoms with Crippen molar-refractivity contribution in [3.63, 3.8) is 0 Å². The van der Waals surface area contributed by atoms with Gasteiger partial charge in [0.25, 0.3) is 0 Å². The lowest BCUT2D eigenvalue weighted by Gasteiger charge is -2.07. The minimum absolute atomic E-state index is 0.0823. The van der Waals surface area contributed by atoms with Crippen molar-refractivity contribution in [1.82, 2.24) is 15.1 Å². The van der Waals surface area contributed by atoms with Crippen LogP contribution in [0.2, 0.25) is 0 Å². The standard InChI is InChI=1S/C22H19F2N3O4S2/c1-13-3-4-15(9-19(13)24)21-26-22(31-27-21)14(2)33(28,29)12-17-11-32-20(25-17)10-30-18-7-5-16(23)6-8-18/h3-9,11,14H,10,12H2,1-2H3. The molecule has 0 spiro atoms. The van der Waals surface area contributed by atoms with Gasteiger partial charge in [-0.05, 0) is 49.7 Å². The van der Waals surface area contributed by atoms with Crippen LogP contribution in [0.25, 0.3) is 11.4 Å². The summed E-state index contributed by atoms with van der Waals surface area (Å²) in [5, 5.41) is 4.94. The van der Waals surface area contributed by atoms with Crippen molar-refractivity contribution in [3.05, 3.63) is 81.6 Å². The van der Waals surface area contributed by atoms with Gasteiger partial charge in [0, 0.05) is 10.9 Å². The second kappa shape index (κ2) is 9.36. The monoisotopic (exact) mass is 491 g/mol. The van der Waals surface area contributed by atoms with Crippen LogP contribution in [0.4, 0.5) is 8.78 Å². The van der Waals surface area contributed by atoms with Gasteiger partial charge in [0.2, 0.25) is 11.7 Å². The molecule has 2 heterocycles. The number of rotatable bonds is 8. The molecule has 4 rings (SSSR count). The summed E-state index contributed by atoms with van der Waals surface area (Å²) in [5.74, 6) is -0.589. The summed E-state index contributed by atoms with van der Waals surface area (Å²) in [6, 6.07) is 10.1. The van der Waals surface area contributed by atoms with Gasteiger partial charge in [0.1, 0.15) is 34.2 Å². The number of halogens is 2. The van der Waals surface area contributed by atoms with Gasteiger partial charge in [0.15, 0.2) is 9.84 Å². The zero-order valence-electron chi connectivity index (χ0n) is 17.7. The SMILES string of the molecule is Cc1ccc(-c2noc(C(C)S(=O)(=O)Cc3csc(COc4ccc(F)cc4)n3)n2)cc1F. The highest BCUT2D eigenvalue weighted by atomic mass is 32.2. The molecule has 0 aliphatic rings. The van der Waals surface area contributed by atoms with E-state index < -0.39 is 20.9 Å². The zero-order valence-corrected chi connectivity index (χ0v) is 19.3. The van der Waals surface area contributed by atoms with Crippen molar-refractivity contribution in [2.75, 3.05) is 0 Å². The van der Waals surface area contributed by atoms with E-state index in [0.717, 1.165) is 0 Å². The first kappa shape index (κ1) is 23.0. The maximum Gasteiger partial charge on any atom is 0.245 e. The van der Waals surface area contributed by atoms with Crippen LogP contribution in [0.15, 0.2) is 52.4 Å². The van der Waals surface area contributed by atoms with Crippen LogP contribution >= 0.6 is 11.3 Å². The first-order chi connectivity index (χ1) is 15.7. The Balaban J connectivity index is 1.42. The molecule has 0 aliphatic carbocycles. The molecule has 4 aromatic rings. The molecule has 0 bridgehead atoms. The smallest absolute Gasteiger partial charge is 0.245 e. The van der Waals surface area contributed by atoms with Gasteiger partial charge in [0.05, 0.1) is 11.4 Å². The minimum Gasteiger partial charge on any atom is -0.486 e. The Morgan fingerprint density at radius 3 is 2.61 bits per heavy atom. The molecular formula is C22H19F2N3O4S2. The number of aromatic nitrogens is 3. The van der Waals surface area contributed by atoms with E-state index in [0.29, 0.717) is 27.6 Å². The second-order valence-electron chi connectivity index (χ2n) is 7.34. The van der Waals surface area contributed by atoms with Crippen molar-refractivity contribution in [2.45, 2.75) is 31.5 Å². The number of sulfone groups is 1. The summed E-state index contributed by atoms with van der Waals surface area (Å²) in [6.07, 6.45) is 0. The van der Waals surface area contributed by atoms with Crippen LogP contribution in [0.1, 0.15) is 34.3 Å². The second-order valence-corrected chi connectivity index (χ2v) is 10.6. The third-order valence-electron chi connectivity index (χ3n) is 4.88. The van der Waals surface area contributed by atoms with Gasteiger partial charge in [-0.2, -0.15) is 4.98 Å². The fourth-order valence-electron chi connectivity index (χ4n) is 2.89. The van der Waals surface area contributed by atoms with E-state index in [1.54, 1.807) is 24.4 Å². The molecule has 7 nitrogen and oxygen atoms in total. The zero-order chi connectivity index (χ0) is 23.6. The Morgan fingerprint density at radius 2 is 1.88 bits per heavy atom. The van der Waals surface area contributed by atoms with Crippen LogP contribution in [-0.4, -0.2) is 23.5 Å². The molecule has 0 fully saturated rings. The maximum atomic E-state index is 13.8. The van der Waals surface area contributed by atoms with Crippen LogP contribution in [0.5, 0.6) is 5.75 Å². The Morgan fingerprint density at radius 1 is 1.12 bits per heavy atom. The van der Waals surface area contributed by atoms with Gasteiger partial charge in [-0.1, -0.05) is 17.3 Å². The molecule has 33 heavy (non-hydrogen) atoms. The molecule has 0 saturated carbocycles. The van der Waals surface area contributed by atoms with E-state index in [1.807, 2.05) is 0 Å². The van der Waals surface area contributed by atoms with E-state index in [2.05, 4.69) is 15.1 Å². The lowest BCUT2D eigenvalue weighted by atomic mass is 10.1. The number of benzene rings is 2. The Kier molecular flexibility index (Phi) is 6.52. The lowest BCUT2D eigenvalue weighted by Crippen LogP contribution is -2.13. The largest absolute Gasteiger partial charge is 0.486 e. The van der Waals surface area contributed by atoms with Crippen LogP contribution in [-0.2, 0) is 22.2 Å². The number of ether oxygens (including phenoxy) is 1. The van der Waals surface area contributed by atoms with Crippen LogP contribution in [0.3, 0.4) is 0 Å². The highest BCUT2D eigenvalue weighted by Crippen LogP contribution is 2.27. The maximum absolute atomic E-state index is 13.8. The Hall–Kier alpha value is -3.18. The van der Waals surface area contributed by atoms with Crippen molar-refractivity contribution < 1.29 is 26.5 Å². The molecule has 2 aromatic carbocycles. The average Bonchev–Trinajstić information content (AvgIpc) is 3.44. The van der Waals surface area contributed by atoms with Crippen LogP contribution < -0.4 is 4.74 Å². The summed E-state index contributed by atoms with van der Waals surface area (Å²) < 4.78 is 63.2. The van der Waals surface area contributed by atoms with Crippen molar-refractivity contribution >= 4 is 21.2 Å². The normalized spacial score (nSPS) is 12.6. The Bertz CT molecular complexity index is 1370. The number of thiazole rings is 1. The number of hydrogen-bond acceptors (Lipinski definition) is 8. The molecule has 2 aromatic heterocycles. The number of nitrogens with zero attached hydrogens (tertiary/aromatic N) is 3. The molecule has 0 N–H and O–H groups in total. The van der Waals surface area contributed by atoms with Gasteiger partial charge in [-0.15, -0.1) is 11.3 Å². The number of hydrogen-bond donors (Lipinski definition) is 0. The molecular weight excluding hydrogens is 472 g/mol. The molecule has 0 aliphatic heterocycles. The van der Waals surface area contributed by atoms with Crippen molar-refractivity contribution in [3.8, 4) is 17.1 Å². The summed E-state index contributed by atoms with van der Waals surface area (Å²) in [5.41, 5.74) is 1.23. The number of aryl methyl sites for hydroxylation is 1. The molecule has 0 radical (unpaired) electrons. The van der Waals surface area contributed by atoms with E-state index in [9.17, 15) is 17.2 Å². The lowest BCUT2D eigenvalue weighted by molar-refractivity contribution is 0.305. The van der Waals surface area contributed by atoms with Gasteiger partial charge < -0.3 is 9.26 Å². The van der Waals surface area contributed by atoms with Gasteiger partial charge >= 0.3 is 0 Å². The quantitative estimate of drug-likeness (QED) is 0.341. The van der Waals surface area contributed by atoms with Gasteiger partial charge in [-0.3, -0.25) is 0 Å². The minimum atomic E-state index is -3.72. The first-order valence-corrected chi connectivity index (χ1v) is 12.4. The summed E-state index contributed by atoms with van der Waals surface area (Å²) in [7, 11) is -3.72. The highest BCUT2D eigenvalue weighted by Gasteiger charge is 2.29. The highest BCUT2D eigenvalue weighted by molar-refractivity contribution is 7.90. The fourth-order valence-corrected chi connectivity index (χ4v) is 4.92. The molecule has 11 heteroatoms. The molecule has 0 saturated heterocycles. The fraction of sp³-hybridized carbons (Fsp3) is 0.227. The molecule has 172 valence electrons.